The summed E-state index contributed by atoms with van der Waals surface area (Å²) < 4.78 is 15.8. The number of ether oxygens (including phenoxy) is 3. The third-order valence-electron chi connectivity index (χ3n) is 4.96. The quantitative estimate of drug-likeness (QED) is 0.237. The summed E-state index contributed by atoms with van der Waals surface area (Å²) in [6.07, 6.45) is 12.4. The fourth-order valence-corrected chi connectivity index (χ4v) is 3.19. The number of halogens is 1. The number of aryl methyl sites for hydroxylation is 1. The van der Waals surface area contributed by atoms with E-state index in [1.807, 2.05) is 0 Å². The second kappa shape index (κ2) is 17.4. The second-order valence-corrected chi connectivity index (χ2v) is 7.79. The Kier molecular flexibility index (Phi) is 16.2. The van der Waals surface area contributed by atoms with Gasteiger partial charge in [-0.15, -0.1) is 12.4 Å². The number of esters is 3. The van der Waals surface area contributed by atoms with Crippen LogP contribution in [0.3, 0.4) is 0 Å². The molecule has 7 nitrogen and oxygen atoms in total. The molecule has 0 aliphatic heterocycles. The van der Waals surface area contributed by atoms with Gasteiger partial charge in [0.1, 0.15) is 13.2 Å². The van der Waals surface area contributed by atoms with Crippen LogP contribution >= 0.6 is 12.4 Å². The lowest BCUT2D eigenvalue weighted by atomic mass is 10.1. The van der Waals surface area contributed by atoms with E-state index in [0.717, 1.165) is 19.3 Å². The molecule has 1 rings (SSSR count). The Morgan fingerprint density at radius 2 is 1.38 bits per heavy atom. The maximum absolute atomic E-state index is 12.4. The standard InChI is InChI=1S/C24H37NO6.ClH/c1-5-6-7-8-9-10-11-12-13-14-23(28)31-24-18(2)25-15-21(16-29-19(3)26)22(24)17-30-20(4)27;/h15H,5-14,16-17H2,1-4H3;1H. The van der Waals surface area contributed by atoms with Gasteiger partial charge in [0.2, 0.25) is 0 Å². The normalized spacial score (nSPS) is 10.2. The lowest BCUT2D eigenvalue weighted by Crippen LogP contribution is -2.14. The first-order valence-corrected chi connectivity index (χ1v) is 11.3. The van der Waals surface area contributed by atoms with Crippen LogP contribution in [0.15, 0.2) is 6.20 Å². The molecule has 0 aliphatic carbocycles. The molecule has 0 aliphatic rings. The minimum atomic E-state index is -0.458. The predicted octanol–water partition coefficient (Wildman–Crippen LogP) is 5.76. The van der Waals surface area contributed by atoms with E-state index in [9.17, 15) is 14.4 Å². The van der Waals surface area contributed by atoms with Crippen molar-refractivity contribution in [2.45, 2.75) is 105 Å². The Morgan fingerprint density at radius 1 is 0.844 bits per heavy atom. The lowest BCUT2D eigenvalue weighted by Gasteiger charge is -2.16. The van der Waals surface area contributed by atoms with Crippen molar-refractivity contribution in [3.05, 3.63) is 23.0 Å². The number of hydrogen-bond donors (Lipinski definition) is 0. The van der Waals surface area contributed by atoms with E-state index >= 15 is 0 Å². The van der Waals surface area contributed by atoms with Gasteiger partial charge in [-0.1, -0.05) is 58.3 Å². The fraction of sp³-hybridized carbons (Fsp3) is 0.667. The van der Waals surface area contributed by atoms with Gasteiger partial charge < -0.3 is 14.2 Å². The molecule has 0 N–H and O–H groups in total. The van der Waals surface area contributed by atoms with Gasteiger partial charge in [0.25, 0.3) is 0 Å². The molecule has 0 unspecified atom stereocenters. The second-order valence-electron chi connectivity index (χ2n) is 7.79. The van der Waals surface area contributed by atoms with E-state index in [-0.39, 0.29) is 37.3 Å². The average molecular weight is 472 g/mol. The Morgan fingerprint density at radius 3 is 1.94 bits per heavy atom. The Hall–Kier alpha value is -2.15. The largest absolute Gasteiger partial charge is 0.461 e. The van der Waals surface area contributed by atoms with E-state index in [1.54, 1.807) is 6.92 Å². The van der Waals surface area contributed by atoms with Crippen LogP contribution in [0.1, 0.15) is 102 Å². The van der Waals surface area contributed by atoms with Crippen LogP contribution in [0.25, 0.3) is 0 Å². The SMILES string of the molecule is CCCCCCCCCCCC(=O)Oc1c(C)ncc(COC(C)=O)c1COC(C)=O.Cl. The Balaban J connectivity index is 0.00000961. The van der Waals surface area contributed by atoms with Crippen LogP contribution in [-0.4, -0.2) is 22.9 Å². The summed E-state index contributed by atoms with van der Waals surface area (Å²) in [5.74, 6) is -0.976. The van der Waals surface area contributed by atoms with Crippen molar-refractivity contribution in [2.24, 2.45) is 0 Å². The van der Waals surface area contributed by atoms with Crippen LogP contribution in [0, 0.1) is 6.92 Å². The number of carbonyl (C=O) groups excluding carboxylic acids is 3. The first-order valence-electron chi connectivity index (χ1n) is 11.3. The van der Waals surface area contributed by atoms with Crippen molar-refractivity contribution in [1.29, 1.82) is 0 Å². The summed E-state index contributed by atoms with van der Waals surface area (Å²) in [4.78, 5) is 39.1. The first-order chi connectivity index (χ1) is 14.8. The fourth-order valence-electron chi connectivity index (χ4n) is 3.19. The molecule has 0 saturated heterocycles. The van der Waals surface area contributed by atoms with Crippen molar-refractivity contribution in [3.8, 4) is 5.75 Å². The summed E-state index contributed by atoms with van der Waals surface area (Å²) in [5, 5.41) is 0. The molecule has 0 fully saturated rings. The highest BCUT2D eigenvalue weighted by Crippen LogP contribution is 2.28. The summed E-state index contributed by atoms with van der Waals surface area (Å²) >= 11 is 0. The van der Waals surface area contributed by atoms with Crippen molar-refractivity contribution in [2.75, 3.05) is 0 Å². The number of hydrogen-bond acceptors (Lipinski definition) is 7. The smallest absolute Gasteiger partial charge is 0.311 e. The number of aromatic nitrogens is 1. The number of rotatable bonds is 15. The van der Waals surface area contributed by atoms with Crippen LogP contribution in [-0.2, 0) is 37.1 Å². The van der Waals surface area contributed by atoms with Gasteiger partial charge in [0.15, 0.2) is 5.75 Å². The molecule has 182 valence electrons. The van der Waals surface area contributed by atoms with E-state index in [2.05, 4.69) is 11.9 Å². The zero-order valence-corrected chi connectivity index (χ0v) is 20.7. The van der Waals surface area contributed by atoms with Crippen molar-refractivity contribution < 1.29 is 28.6 Å². The van der Waals surface area contributed by atoms with E-state index in [1.165, 1.54) is 58.6 Å². The summed E-state index contributed by atoms with van der Waals surface area (Å²) in [6, 6.07) is 0. The van der Waals surface area contributed by atoms with Crippen molar-refractivity contribution >= 4 is 30.3 Å². The Labute approximate surface area is 198 Å². The average Bonchev–Trinajstić information content (AvgIpc) is 2.71. The van der Waals surface area contributed by atoms with Gasteiger partial charge >= 0.3 is 17.9 Å². The summed E-state index contributed by atoms with van der Waals surface area (Å²) in [7, 11) is 0. The maximum atomic E-state index is 12.4. The molecule has 1 aromatic rings. The molecule has 0 spiro atoms. The minimum absolute atomic E-state index is 0. The van der Waals surface area contributed by atoms with Crippen LogP contribution < -0.4 is 4.74 Å². The summed E-state index contributed by atoms with van der Waals surface area (Å²) in [5.41, 5.74) is 1.53. The molecule has 1 heterocycles. The molecule has 8 heteroatoms. The Bertz CT molecular complexity index is 723. The zero-order chi connectivity index (χ0) is 23.1. The molecule has 0 bridgehead atoms. The predicted molar refractivity (Wildman–Crippen MR) is 125 cm³/mol. The molecule has 1 aromatic heterocycles. The minimum Gasteiger partial charge on any atom is -0.461 e. The van der Waals surface area contributed by atoms with Gasteiger partial charge in [0.05, 0.1) is 5.69 Å². The van der Waals surface area contributed by atoms with Gasteiger partial charge in [0, 0.05) is 37.6 Å². The molecule has 0 atom stereocenters. The van der Waals surface area contributed by atoms with Gasteiger partial charge in [-0.2, -0.15) is 0 Å². The summed E-state index contributed by atoms with van der Waals surface area (Å²) in [6.45, 7) is 6.41. The molecule has 0 radical (unpaired) electrons. The number of nitrogens with zero attached hydrogens (tertiary/aromatic N) is 1. The van der Waals surface area contributed by atoms with Crippen LogP contribution in [0.4, 0.5) is 0 Å². The molecule has 0 saturated carbocycles. The third-order valence-corrected chi connectivity index (χ3v) is 4.96. The van der Waals surface area contributed by atoms with Crippen molar-refractivity contribution in [3.63, 3.8) is 0 Å². The molecule has 0 amide bonds. The van der Waals surface area contributed by atoms with E-state index in [0.29, 0.717) is 23.2 Å². The van der Waals surface area contributed by atoms with Gasteiger partial charge in [-0.3, -0.25) is 19.4 Å². The zero-order valence-electron chi connectivity index (χ0n) is 19.9. The maximum Gasteiger partial charge on any atom is 0.311 e. The molecular formula is C24H38ClNO6. The highest BCUT2D eigenvalue weighted by molar-refractivity contribution is 5.85. The number of unbranched alkanes of at least 4 members (excludes halogenated alkanes) is 8. The first kappa shape index (κ1) is 29.9. The molecule has 0 aromatic carbocycles. The highest BCUT2D eigenvalue weighted by Gasteiger charge is 2.19. The molecular weight excluding hydrogens is 434 g/mol. The topological polar surface area (TPSA) is 91.8 Å². The highest BCUT2D eigenvalue weighted by atomic mass is 35.5. The van der Waals surface area contributed by atoms with Crippen LogP contribution in [0.5, 0.6) is 5.75 Å². The number of carbonyl (C=O) groups is 3. The van der Waals surface area contributed by atoms with E-state index < -0.39 is 11.9 Å². The van der Waals surface area contributed by atoms with Crippen molar-refractivity contribution in [1.82, 2.24) is 4.98 Å². The lowest BCUT2D eigenvalue weighted by molar-refractivity contribution is -0.144. The molecule has 32 heavy (non-hydrogen) atoms. The van der Waals surface area contributed by atoms with Crippen LogP contribution in [0.2, 0.25) is 0 Å². The number of pyridine rings is 1. The van der Waals surface area contributed by atoms with Gasteiger partial charge in [-0.05, 0) is 13.3 Å². The monoisotopic (exact) mass is 471 g/mol. The third kappa shape index (κ3) is 12.6. The van der Waals surface area contributed by atoms with E-state index in [4.69, 9.17) is 14.2 Å². The van der Waals surface area contributed by atoms with Gasteiger partial charge in [-0.25, -0.2) is 0 Å².